The molecule has 2 atom stereocenters. The zero-order chi connectivity index (χ0) is 17.1. The Balaban J connectivity index is 3.31. The molecule has 1 aromatic carbocycles. The van der Waals surface area contributed by atoms with Crippen molar-refractivity contribution in [3.63, 3.8) is 0 Å². The lowest BCUT2D eigenvalue weighted by Crippen LogP contribution is -2.32. The number of ketones is 1. The van der Waals surface area contributed by atoms with Crippen LogP contribution in [0.2, 0.25) is 0 Å². The van der Waals surface area contributed by atoms with Gasteiger partial charge in [-0.05, 0) is 12.1 Å². The summed E-state index contributed by atoms with van der Waals surface area (Å²) in [6.07, 6.45) is -10.8. The van der Waals surface area contributed by atoms with Crippen LogP contribution in [0, 0.1) is 0 Å². The first-order valence-corrected chi connectivity index (χ1v) is 5.74. The number of hydrogen-bond donors (Lipinski definition) is 2. The van der Waals surface area contributed by atoms with Gasteiger partial charge in [-0.2, -0.15) is 13.2 Å². The SMILES string of the molecule is NNC(=O)c1ccc(C(=O)C(F)C(F)CF)cc1C(F)(F)F. The standard InChI is InChI=1S/C12H10F6N2O2/c13-4-8(14)9(15)10(21)5-1-2-6(11(22)20-19)7(3-5)12(16,17)18/h1-3,8-9H,4,19H2,(H,20,22). The number of hydrogen-bond acceptors (Lipinski definition) is 3. The Labute approximate surface area is 120 Å². The van der Waals surface area contributed by atoms with Crippen molar-refractivity contribution >= 4 is 11.7 Å². The average Bonchev–Trinajstić information content (AvgIpc) is 2.50. The molecular formula is C12H10F6N2O2. The van der Waals surface area contributed by atoms with Gasteiger partial charge in [0.1, 0.15) is 6.67 Å². The first kappa shape index (κ1) is 18.0. The van der Waals surface area contributed by atoms with Crippen LogP contribution in [0.1, 0.15) is 26.3 Å². The number of hydrazine groups is 1. The number of nitrogens with two attached hydrogens (primary N) is 1. The van der Waals surface area contributed by atoms with Gasteiger partial charge in [-0.15, -0.1) is 0 Å². The fourth-order valence-corrected chi connectivity index (χ4v) is 1.61. The molecule has 0 saturated carbocycles. The lowest BCUT2D eigenvalue weighted by atomic mass is 9.98. The number of carbonyl (C=O) groups is 2. The molecule has 2 unspecified atom stereocenters. The lowest BCUT2D eigenvalue weighted by Gasteiger charge is -2.14. The second-order valence-corrected chi connectivity index (χ2v) is 4.17. The number of benzene rings is 1. The van der Waals surface area contributed by atoms with E-state index in [2.05, 4.69) is 0 Å². The minimum atomic E-state index is -5.04. The molecule has 1 rings (SSSR count). The number of Topliss-reactive ketones (excluding diaryl/α,β-unsaturated/α-hetero) is 1. The van der Waals surface area contributed by atoms with Crippen LogP contribution in [0.25, 0.3) is 0 Å². The predicted molar refractivity (Wildman–Crippen MR) is 63.2 cm³/mol. The fourth-order valence-electron chi connectivity index (χ4n) is 1.61. The van der Waals surface area contributed by atoms with E-state index in [1.54, 1.807) is 0 Å². The molecule has 1 aromatic rings. The molecule has 0 aromatic heterocycles. The minimum absolute atomic E-state index is 0.185. The summed E-state index contributed by atoms with van der Waals surface area (Å²) in [5.41, 5.74) is -1.81. The zero-order valence-electron chi connectivity index (χ0n) is 10.8. The zero-order valence-corrected chi connectivity index (χ0v) is 10.8. The summed E-state index contributed by atoms with van der Waals surface area (Å²) in [4.78, 5) is 22.7. The Morgan fingerprint density at radius 2 is 1.82 bits per heavy atom. The quantitative estimate of drug-likeness (QED) is 0.286. The molecule has 0 heterocycles. The summed E-state index contributed by atoms with van der Waals surface area (Å²) >= 11 is 0. The average molecular weight is 328 g/mol. The van der Waals surface area contributed by atoms with Crippen LogP contribution >= 0.6 is 0 Å². The van der Waals surface area contributed by atoms with Gasteiger partial charge >= 0.3 is 6.18 Å². The molecular weight excluding hydrogens is 318 g/mol. The number of alkyl halides is 6. The van der Waals surface area contributed by atoms with Gasteiger partial charge < -0.3 is 0 Å². The van der Waals surface area contributed by atoms with Crippen molar-refractivity contribution in [2.75, 3.05) is 6.67 Å². The van der Waals surface area contributed by atoms with Crippen molar-refractivity contribution in [1.82, 2.24) is 5.43 Å². The van der Waals surface area contributed by atoms with Crippen molar-refractivity contribution in [2.45, 2.75) is 18.5 Å². The van der Waals surface area contributed by atoms with Gasteiger partial charge in [-0.3, -0.25) is 15.0 Å². The van der Waals surface area contributed by atoms with Crippen molar-refractivity contribution in [3.8, 4) is 0 Å². The topological polar surface area (TPSA) is 72.2 Å². The maximum Gasteiger partial charge on any atom is 0.417 e. The summed E-state index contributed by atoms with van der Waals surface area (Å²) in [5, 5.41) is 0. The Bertz CT molecular complexity index is 575. The maximum atomic E-state index is 13.3. The number of carbonyl (C=O) groups excluding carboxylic acids is 2. The molecule has 22 heavy (non-hydrogen) atoms. The lowest BCUT2D eigenvalue weighted by molar-refractivity contribution is -0.137. The molecule has 0 aliphatic rings. The molecule has 1 amide bonds. The number of rotatable bonds is 5. The van der Waals surface area contributed by atoms with Crippen LogP contribution in [0.4, 0.5) is 26.3 Å². The molecule has 4 nitrogen and oxygen atoms in total. The van der Waals surface area contributed by atoms with Gasteiger partial charge in [0.2, 0.25) is 0 Å². The van der Waals surface area contributed by atoms with Crippen LogP contribution < -0.4 is 11.3 Å². The maximum absolute atomic E-state index is 13.3. The van der Waals surface area contributed by atoms with Crippen LogP contribution in [-0.4, -0.2) is 30.7 Å². The van der Waals surface area contributed by atoms with Gasteiger partial charge in [0.25, 0.3) is 5.91 Å². The molecule has 0 aliphatic heterocycles. The van der Waals surface area contributed by atoms with Crippen LogP contribution in [-0.2, 0) is 6.18 Å². The van der Waals surface area contributed by atoms with E-state index in [0.717, 1.165) is 0 Å². The Kier molecular flexibility index (Phi) is 5.53. The van der Waals surface area contributed by atoms with E-state index in [4.69, 9.17) is 5.84 Å². The largest absolute Gasteiger partial charge is 0.417 e. The summed E-state index contributed by atoms with van der Waals surface area (Å²) in [5.74, 6) is 1.80. The normalized spacial score (nSPS) is 14.3. The van der Waals surface area contributed by atoms with Gasteiger partial charge in [0, 0.05) is 5.56 Å². The van der Waals surface area contributed by atoms with Gasteiger partial charge in [-0.25, -0.2) is 19.0 Å². The monoisotopic (exact) mass is 328 g/mol. The second-order valence-electron chi connectivity index (χ2n) is 4.17. The Morgan fingerprint density at radius 3 is 2.27 bits per heavy atom. The Morgan fingerprint density at radius 1 is 1.23 bits per heavy atom. The molecule has 0 fully saturated rings. The molecule has 3 N–H and O–H groups in total. The van der Waals surface area contributed by atoms with Gasteiger partial charge in [0.15, 0.2) is 18.1 Å². The van der Waals surface area contributed by atoms with Crippen LogP contribution in [0.15, 0.2) is 18.2 Å². The van der Waals surface area contributed by atoms with Crippen molar-refractivity contribution < 1.29 is 35.9 Å². The number of amides is 1. The molecule has 0 saturated heterocycles. The molecule has 0 bridgehead atoms. The van der Waals surface area contributed by atoms with Crippen LogP contribution in [0.3, 0.4) is 0 Å². The van der Waals surface area contributed by atoms with E-state index < -0.39 is 53.6 Å². The van der Waals surface area contributed by atoms with E-state index >= 15 is 0 Å². The molecule has 0 radical (unpaired) electrons. The van der Waals surface area contributed by atoms with E-state index in [-0.39, 0.29) is 6.07 Å². The smallest absolute Gasteiger partial charge is 0.291 e. The summed E-state index contributed by atoms with van der Waals surface area (Å²) in [6, 6.07) is 1.47. The van der Waals surface area contributed by atoms with E-state index in [0.29, 0.717) is 12.1 Å². The molecule has 122 valence electrons. The fraction of sp³-hybridized carbons (Fsp3) is 0.333. The molecule has 0 aliphatic carbocycles. The highest BCUT2D eigenvalue weighted by Crippen LogP contribution is 2.33. The highest BCUT2D eigenvalue weighted by Gasteiger charge is 2.37. The third kappa shape index (κ3) is 3.75. The highest BCUT2D eigenvalue weighted by molar-refractivity contribution is 6.02. The minimum Gasteiger partial charge on any atom is -0.291 e. The van der Waals surface area contributed by atoms with E-state index in [9.17, 15) is 35.9 Å². The van der Waals surface area contributed by atoms with Gasteiger partial charge in [0.05, 0.1) is 11.1 Å². The second kappa shape index (κ2) is 6.77. The summed E-state index contributed by atoms with van der Waals surface area (Å²) in [7, 11) is 0. The third-order valence-electron chi connectivity index (χ3n) is 2.70. The van der Waals surface area contributed by atoms with E-state index in [1.807, 2.05) is 0 Å². The molecule has 0 spiro atoms. The van der Waals surface area contributed by atoms with Crippen molar-refractivity contribution in [2.24, 2.45) is 5.84 Å². The third-order valence-corrected chi connectivity index (χ3v) is 2.70. The first-order chi connectivity index (χ1) is 10.1. The Hall–Kier alpha value is -2.10. The number of halogens is 6. The predicted octanol–water partition coefficient (Wildman–Crippen LogP) is 2.14. The summed E-state index contributed by atoms with van der Waals surface area (Å²) < 4.78 is 76.6. The van der Waals surface area contributed by atoms with Crippen molar-refractivity contribution in [1.29, 1.82) is 0 Å². The molecule has 10 heteroatoms. The van der Waals surface area contributed by atoms with E-state index in [1.165, 1.54) is 5.43 Å². The van der Waals surface area contributed by atoms with Crippen molar-refractivity contribution in [3.05, 3.63) is 34.9 Å². The first-order valence-electron chi connectivity index (χ1n) is 5.74. The number of nitrogen functional groups attached to an aromatic ring is 1. The number of nitrogens with one attached hydrogen (secondary N) is 1. The summed E-state index contributed by atoms with van der Waals surface area (Å²) in [6.45, 7) is -1.80. The van der Waals surface area contributed by atoms with Gasteiger partial charge in [-0.1, -0.05) is 6.07 Å². The van der Waals surface area contributed by atoms with Crippen LogP contribution in [0.5, 0.6) is 0 Å². The highest BCUT2D eigenvalue weighted by atomic mass is 19.4.